The summed E-state index contributed by atoms with van der Waals surface area (Å²) in [5.74, 6) is -3.18. The molecular formula is C24H20F6N4O4. The van der Waals surface area contributed by atoms with Crippen LogP contribution >= 0.6 is 0 Å². The number of hydrogen-bond donors (Lipinski definition) is 3. The van der Waals surface area contributed by atoms with Crippen LogP contribution in [0.5, 0.6) is 5.75 Å². The maximum Gasteiger partial charge on any atom is 0.436 e. The van der Waals surface area contributed by atoms with Crippen LogP contribution in [0.2, 0.25) is 0 Å². The van der Waals surface area contributed by atoms with E-state index in [1.807, 2.05) is 0 Å². The maximum absolute atomic E-state index is 13.8. The lowest BCUT2D eigenvalue weighted by Gasteiger charge is -2.21. The first-order valence-electron chi connectivity index (χ1n) is 11.1. The average molecular weight is 542 g/mol. The van der Waals surface area contributed by atoms with Crippen LogP contribution in [0.15, 0.2) is 42.5 Å². The fourth-order valence-electron chi connectivity index (χ4n) is 4.23. The second-order valence-electron chi connectivity index (χ2n) is 8.70. The zero-order valence-electron chi connectivity index (χ0n) is 19.6. The van der Waals surface area contributed by atoms with Crippen LogP contribution in [-0.4, -0.2) is 38.4 Å². The number of rotatable bonds is 6. The number of halogens is 6. The number of nitrogens with zero attached hydrogens (tertiary/aromatic N) is 3. The summed E-state index contributed by atoms with van der Waals surface area (Å²) in [6.07, 6.45) is -9.76. The lowest BCUT2D eigenvalue weighted by atomic mass is 10.1. The molecule has 14 heteroatoms. The van der Waals surface area contributed by atoms with Crippen molar-refractivity contribution in [3.05, 3.63) is 76.0 Å². The molecule has 1 aliphatic heterocycles. The van der Waals surface area contributed by atoms with Gasteiger partial charge in [0.15, 0.2) is 5.69 Å². The summed E-state index contributed by atoms with van der Waals surface area (Å²) in [6.45, 7) is 1.17. The fourth-order valence-corrected chi connectivity index (χ4v) is 4.23. The Morgan fingerprint density at radius 3 is 2.26 bits per heavy atom. The minimum atomic E-state index is -5.00. The fraction of sp³-hybridized carbons (Fsp3) is 0.292. The number of amides is 1. The Balaban J connectivity index is 1.67. The molecule has 38 heavy (non-hydrogen) atoms. The third-order valence-electron chi connectivity index (χ3n) is 5.99. The van der Waals surface area contributed by atoms with E-state index < -0.39 is 52.8 Å². The number of anilines is 1. The second-order valence-corrected chi connectivity index (χ2v) is 8.70. The van der Waals surface area contributed by atoms with Gasteiger partial charge in [-0.25, -0.2) is 9.48 Å². The van der Waals surface area contributed by atoms with Gasteiger partial charge in [0.25, 0.3) is 5.91 Å². The number of aromatic carboxylic acids is 1. The highest BCUT2D eigenvalue weighted by molar-refractivity contribution is 6.01. The van der Waals surface area contributed by atoms with Gasteiger partial charge in [0.05, 0.1) is 23.7 Å². The maximum atomic E-state index is 13.8. The van der Waals surface area contributed by atoms with Crippen LogP contribution in [0.25, 0.3) is 0 Å². The first-order chi connectivity index (χ1) is 17.6. The van der Waals surface area contributed by atoms with E-state index in [1.54, 1.807) is 0 Å². The molecule has 0 fully saturated rings. The second kappa shape index (κ2) is 9.58. The number of benzene rings is 2. The number of carbonyl (C=O) groups excluding carboxylic acids is 1. The molecule has 1 atom stereocenters. The first-order valence-corrected chi connectivity index (χ1v) is 11.1. The normalized spacial score (nSPS) is 14.3. The molecule has 0 bridgehead atoms. The summed E-state index contributed by atoms with van der Waals surface area (Å²) >= 11 is 0. The van der Waals surface area contributed by atoms with Gasteiger partial charge in [-0.1, -0.05) is 12.1 Å². The van der Waals surface area contributed by atoms with Gasteiger partial charge in [-0.15, -0.1) is 0 Å². The predicted molar refractivity (Wildman–Crippen MR) is 121 cm³/mol. The summed E-state index contributed by atoms with van der Waals surface area (Å²) in [7, 11) is 0. The van der Waals surface area contributed by atoms with Crippen molar-refractivity contribution in [2.75, 3.05) is 11.4 Å². The third kappa shape index (κ3) is 5.38. The number of alkyl halides is 6. The molecule has 2 heterocycles. The number of aromatic nitrogens is 2. The number of carboxylic acids is 1. The van der Waals surface area contributed by atoms with Crippen LogP contribution in [0.1, 0.15) is 56.1 Å². The van der Waals surface area contributed by atoms with E-state index in [9.17, 15) is 41.0 Å². The Morgan fingerprint density at radius 1 is 1.03 bits per heavy atom. The first kappa shape index (κ1) is 26.8. The molecule has 8 nitrogen and oxygen atoms in total. The summed E-state index contributed by atoms with van der Waals surface area (Å²) in [4.78, 5) is 25.5. The van der Waals surface area contributed by atoms with Gasteiger partial charge in [-0.2, -0.15) is 31.4 Å². The van der Waals surface area contributed by atoms with Crippen LogP contribution in [0.3, 0.4) is 0 Å². The topological polar surface area (TPSA) is 108 Å². The highest BCUT2D eigenvalue weighted by atomic mass is 19.4. The Labute approximate surface area is 211 Å². The molecule has 0 saturated heterocycles. The molecule has 0 spiro atoms. The van der Waals surface area contributed by atoms with Crippen LogP contribution in [0, 0.1) is 0 Å². The van der Waals surface area contributed by atoms with Crippen molar-refractivity contribution in [3.63, 3.8) is 0 Å². The van der Waals surface area contributed by atoms with E-state index in [0.717, 1.165) is 16.8 Å². The molecule has 1 aromatic heterocycles. The minimum absolute atomic E-state index is 0.0163. The number of phenolic OH excluding ortho intramolecular Hbond substituents is 1. The molecule has 202 valence electrons. The number of carbonyl (C=O) groups is 2. The number of carboxylic acid groups (broad SMARTS) is 1. The van der Waals surface area contributed by atoms with Crippen molar-refractivity contribution in [2.45, 2.75) is 38.4 Å². The minimum Gasteiger partial charge on any atom is -0.508 e. The van der Waals surface area contributed by atoms with E-state index in [1.165, 1.54) is 36.1 Å². The zero-order valence-corrected chi connectivity index (χ0v) is 19.6. The van der Waals surface area contributed by atoms with Gasteiger partial charge in [-0.3, -0.25) is 4.79 Å². The van der Waals surface area contributed by atoms with Crippen molar-refractivity contribution in [3.8, 4) is 5.75 Å². The van der Waals surface area contributed by atoms with Gasteiger partial charge in [-0.05, 0) is 48.4 Å². The molecule has 0 radical (unpaired) electrons. The summed E-state index contributed by atoms with van der Waals surface area (Å²) in [5.41, 5.74) is -2.99. The average Bonchev–Trinajstić information content (AvgIpc) is 3.38. The predicted octanol–water partition coefficient (Wildman–Crippen LogP) is 4.84. The molecule has 3 N–H and O–H groups in total. The smallest absolute Gasteiger partial charge is 0.436 e. The highest BCUT2D eigenvalue weighted by Crippen LogP contribution is 2.39. The van der Waals surface area contributed by atoms with Gasteiger partial charge >= 0.3 is 18.3 Å². The van der Waals surface area contributed by atoms with Crippen LogP contribution < -0.4 is 10.2 Å². The number of nitrogens with one attached hydrogen (secondary N) is 1. The SMILES string of the molecule is CC(NC(=O)c1c(C(F)(F)F)nn2c1N(Cc1cc(O)cc(C(F)(F)F)c1)CC2)c1ccc(C(=O)O)cc1. The van der Waals surface area contributed by atoms with Gasteiger partial charge in [0, 0.05) is 13.1 Å². The quantitative estimate of drug-likeness (QED) is 0.385. The van der Waals surface area contributed by atoms with Gasteiger partial charge in [0.2, 0.25) is 0 Å². The van der Waals surface area contributed by atoms with E-state index >= 15 is 0 Å². The molecule has 3 aromatic rings. The summed E-state index contributed by atoms with van der Waals surface area (Å²) in [6, 6.07) is 6.92. The lowest BCUT2D eigenvalue weighted by Crippen LogP contribution is -2.31. The molecular weight excluding hydrogens is 522 g/mol. The molecule has 1 unspecified atom stereocenters. The lowest BCUT2D eigenvalue weighted by molar-refractivity contribution is -0.142. The Bertz CT molecular complexity index is 1380. The van der Waals surface area contributed by atoms with Crippen LogP contribution in [-0.2, 0) is 25.4 Å². The Hall–Kier alpha value is -4.23. The van der Waals surface area contributed by atoms with Crippen molar-refractivity contribution in [2.24, 2.45) is 0 Å². The molecule has 1 amide bonds. The van der Waals surface area contributed by atoms with Crippen LogP contribution in [0.4, 0.5) is 32.2 Å². The zero-order chi connectivity index (χ0) is 28.0. The summed E-state index contributed by atoms with van der Waals surface area (Å²) < 4.78 is 82.1. The Kier molecular flexibility index (Phi) is 6.76. The molecule has 1 aliphatic rings. The molecule has 4 rings (SSSR count). The van der Waals surface area contributed by atoms with Crippen molar-refractivity contribution >= 4 is 17.7 Å². The largest absolute Gasteiger partial charge is 0.508 e. The van der Waals surface area contributed by atoms with Crippen molar-refractivity contribution in [1.29, 1.82) is 0 Å². The summed E-state index contributed by atoms with van der Waals surface area (Å²) in [5, 5.41) is 24.8. The number of fused-ring (bicyclic) bond motifs is 1. The monoisotopic (exact) mass is 542 g/mol. The molecule has 0 aliphatic carbocycles. The van der Waals surface area contributed by atoms with E-state index in [0.29, 0.717) is 11.6 Å². The van der Waals surface area contributed by atoms with Gasteiger partial charge in [0.1, 0.15) is 17.1 Å². The van der Waals surface area contributed by atoms with Crippen molar-refractivity contribution in [1.82, 2.24) is 15.1 Å². The number of hydrogen-bond acceptors (Lipinski definition) is 5. The standard InChI is InChI=1S/C24H20F6N4O4/c1-12(14-2-4-15(5-3-14)22(37)38)31-20(36)18-19(24(28,29)30)32-34-7-6-33(21(18)34)11-13-8-16(23(25,26)27)10-17(35)9-13/h2-5,8-10,12,35H,6-7,11H2,1H3,(H,31,36)(H,37,38). The molecule has 0 saturated carbocycles. The van der Waals surface area contributed by atoms with E-state index in [2.05, 4.69) is 10.4 Å². The highest BCUT2D eigenvalue weighted by Gasteiger charge is 2.44. The van der Waals surface area contributed by atoms with Gasteiger partial charge < -0.3 is 20.4 Å². The van der Waals surface area contributed by atoms with E-state index in [4.69, 9.17) is 5.11 Å². The molecule has 2 aromatic carbocycles. The number of phenols is 1. The number of aromatic hydroxyl groups is 1. The van der Waals surface area contributed by atoms with Crippen molar-refractivity contribution < 1.29 is 46.1 Å². The Morgan fingerprint density at radius 2 is 1.68 bits per heavy atom. The third-order valence-corrected chi connectivity index (χ3v) is 5.99. The van der Waals surface area contributed by atoms with E-state index in [-0.39, 0.29) is 36.6 Å².